The molecule has 3 aromatic rings. The fraction of sp³-hybridized carbons (Fsp3) is 0.350. The summed E-state index contributed by atoms with van der Waals surface area (Å²) in [5, 5.41) is 23.0. The van der Waals surface area contributed by atoms with Crippen LogP contribution in [0.3, 0.4) is 0 Å². The average molecular weight is 463 g/mol. The lowest BCUT2D eigenvalue weighted by atomic mass is 10.1. The molecule has 0 aliphatic carbocycles. The molecule has 32 heavy (non-hydrogen) atoms. The SMILES string of the molecule is O=C(Cc1ccc(C(F)(F)F)cc1)Nc1nnc(NC2CCN(c3cccnn3)CC2)s1. The Morgan fingerprint density at radius 3 is 2.44 bits per heavy atom. The minimum Gasteiger partial charge on any atom is -0.357 e. The summed E-state index contributed by atoms with van der Waals surface area (Å²) < 4.78 is 37.9. The zero-order valence-corrected chi connectivity index (χ0v) is 17.7. The van der Waals surface area contributed by atoms with Crippen LogP contribution in [0.5, 0.6) is 0 Å². The number of benzene rings is 1. The molecule has 1 saturated heterocycles. The van der Waals surface area contributed by atoms with Crippen LogP contribution in [0, 0.1) is 0 Å². The molecule has 3 heterocycles. The van der Waals surface area contributed by atoms with Crippen molar-refractivity contribution in [2.24, 2.45) is 0 Å². The predicted molar refractivity (Wildman–Crippen MR) is 115 cm³/mol. The van der Waals surface area contributed by atoms with Crippen LogP contribution in [0.25, 0.3) is 0 Å². The van der Waals surface area contributed by atoms with Gasteiger partial charge in [-0.1, -0.05) is 23.5 Å². The summed E-state index contributed by atoms with van der Waals surface area (Å²) in [7, 11) is 0. The number of piperidine rings is 1. The molecule has 4 rings (SSSR count). The Balaban J connectivity index is 1.25. The second-order valence-electron chi connectivity index (χ2n) is 7.32. The molecule has 2 aromatic heterocycles. The van der Waals surface area contributed by atoms with Crippen molar-refractivity contribution in [3.05, 3.63) is 53.7 Å². The van der Waals surface area contributed by atoms with Crippen LogP contribution in [0.4, 0.5) is 29.3 Å². The van der Waals surface area contributed by atoms with Crippen LogP contribution in [-0.4, -0.2) is 45.4 Å². The van der Waals surface area contributed by atoms with Crippen molar-refractivity contribution < 1.29 is 18.0 Å². The van der Waals surface area contributed by atoms with E-state index < -0.39 is 11.7 Å². The topological polar surface area (TPSA) is 95.9 Å². The van der Waals surface area contributed by atoms with E-state index in [1.54, 1.807) is 6.20 Å². The first kappa shape index (κ1) is 21.9. The fourth-order valence-corrected chi connectivity index (χ4v) is 4.12. The van der Waals surface area contributed by atoms with Gasteiger partial charge in [-0.3, -0.25) is 4.79 Å². The number of nitrogens with zero attached hydrogens (tertiary/aromatic N) is 5. The van der Waals surface area contributed by atoms with Gasteiger partial charge in [0, 0.05) is 25.3 Å². The number of hydrogen-bond donors (Lipinski definition) is 2. The fourth-order valence-electron chi connectivity index (χ4n) is 3.38. The number of hydrogen-bond acceptors (Lipinski definition) is 8. The Hall–Kier alpha value is -3.28. The van der Waals surface area contributed by atoms with Gasteiger partial charge in [-0.2, -0.15) is 18.3 Å². The molecule has 1 aliphatic rings. The number of anilines is 3. The Morgan fingerprint density at radius 2 is 1.78 bits per heavy atom. The summed E-state index contributed by atoms with van der Waals surface area (Å²) in [6.45, 7) is 1.68. The van der Waals surface area contributed by atoms with Crippen molar-refractivity contribution in [1.29, 1.82) is 0 Å². The first-order chi connectivity index (χ1) is 15.4. The molecule has 1 aliphatic heterocycles. The van der Waals surface area contributed by atoms with Gasteiger partial charge in [0.15, 0.2) is 5.82 Å². The number of rotatable bonds is 6. The van der Waals surface area contributed by atoms with Gasteiger partial charge in [0.25, 0.3) is 0 Å². The number of nitrogens with one attached hydrogen (secondary N) is 2. The molecular formula is C20H20F3N7OS. The number of halogens is 3. The van der Waals surface area contributed by atoms with E-state index in [9.17, 15) is 18.0 Å². The highest BCUT2D eigenvalue weighted by molar-refractivity contribution is 7.19. The molecule has 12 heteroatoms. The summed E-state index contributed by atoms with van der Waals surface area (Å²) in [4.78, 5) is 14.4. The summed E-state index contributed by atoms with van der Waals surface area (Å²) in [5.41, 5.74) is -0.266. The maximum Gasteiger partial charge on any atom is 0.416 e. The van der Waals surface area contributed by atoms with E-state index in [0.29, 0.717) is 15.8 Å². The summed E-state index contributed by atoms with van der Waals surface area (Å²) in [6.07, 6.45) is -1.02. The Labute approximate surface area is 185 Å². The van der Waals surface area contributed by atoms with Crippen LogP contribution >= 0.6 is 11.3 Å². The highest BCUT2D eigenvalue weighted by atomic mass is 32.1. The first-order valence-electron chi connectivity index (χ1n) is 9.95. The molecule has 1 fully saturated rings. The number of amides is 1. The standard InChI is InChI=1S/C20H20F3N7OS/c21-20(22,23)14-5-3-13(4-6-14)12-17(31)26-19-29-28-18(32-19)25-15-7-10-30(11-8-15)16-2-1-9-24-27-16/h1-6,9,15H,7-8,10-12H2,(H,25,28)(H,26,29,31). The third-order valence-corrected chi connectivity index (χ3v) is 5.79. The van der Waals surface area contributed by atoms with Gasteiger partial charge in [0.1, 0.15) is 0 Å². The predicted octanol–water partition coefficient (Wildman–Crippen LogP) is 3.61. The molecule has 0 radical (unpaired) electrons. The van der Waals surface area contributed by atoms with Gasteiger partial charge >= 0.3 is 6.18 Å². The monoisotopic (exact) mass is 463 g/mol. The molecule has 0 atom stereocenters. The van der Waals surface area contributed by atoms with Gasteiger partial charge in [-0.05, 0) is 42.7 Å². The lowest BCUT2D eigenvalue weighted by Gasteiger charge is -2.32. The van der Waals surface area contributed by atoms with E-state index in [1.807, 2.05) is 12.1 Å². The van der Waals surface area contributed by atoms with Crippen molar-refractivity contribution in [3.63, 3.8) is 0 Å². The normalized spacial score (nSPS) is 14.9. The van der Waals surface area contributed by atoms with Crippen LogP contribution in [0.2, 0.25) is 0 Å². The molecular weight excluding hydrogens is 443 g/mol. The molecule has 0 unspecified atom stereocenters. The second-order valence-corrected chi connectivity index (χ2v) is 8.30. The molecule has 2 N–H and O–H groups in total. The third-order valence-electron chi connectivity index (χ3n) is 5.02. The van der Waals surface area contributed by atoms with Gasteiger partial charge in [-0.25, -0.2) is 0 Å². The summed E-state index contributed by atoms with van der Waals surface area (Å²) in [5.74, 6) is 0.490. The molecule has 0 saturated carbocycles. The lowest BCUT2D eigenvalue weighted by molar-refractivity contribution is -0.137. The molecule has 1 amide bonds. The van der Waals surface area contributed by atoms with E-state index >= 15 is 0 Å². The number of aromatic nitrogens is 4. The summed E-state index contributed by atoms with van der Waals surface area (Å²) >= 11 is 1.22. The Kier molecular flexibility index (Phi) is 6.49. The average Bonchev–Trinajstić information content (AvgIpc) is 3.21. The van der Waals surface area contributed by atoms with Crippen LogP contribution in [-0.2, 0) is 17.4 Å². The van der Waals surface area contributed by atoms with Crippen LogP contribution in [0.1, 0.15) is 24.0 Å². The number of alkyl halides is 3. The van der Waals surface area contributed by atoms with Gasteiger partial charge in [-0.15, -0.1) is 15.3 Å². The number of carbonyl (C=O) groups excluding carboxylic acids is 1. The lowest BCUT2D eigenvalue weighted by Crippen LogP contribution is -2.39. The second kappa shape index (κ2) is 9.47. The van der Waals surface area contributed by atoms with Crippen molar-refractivity contribution in [2.75, 3.05) is 28.6 Å². The number of carbonyl (C=O) groups is 1. The van der Waals surface area contributed by atoms with Crippen molar-refractivity contribution in [1.82, 2.24) is 20.4 Å². The molecule has 0 bridgehead atoms. The highest BCUT2D eigenvalue weighted by Crippen LogP contribution is 2.29. The van der Waals surface area contributed by atoms with Gasteiger partial charge in [0.2, 0.25) is 16.2 Å². The van der Waals surface area contributed by atoms with Crippen molar-refractivity contribution in [3.8, 4) is 0 Å². The minimum atomic E-state index is -4.40. The maximum atomic E-state index is 12.6. The maximum absolute atomic E-state index is 12.6. The van der Waals surface area contributed by atoms with E-state index in [1.165, 1.54) is 23.5 Å². The van der Waals surface area contributed by atoms with Crippen LogP contribution < -0.4 is 15.5 Å². The molecule has 168 valence electrons. The Morgan fingerprint density at radius 1 is 1.06 bits per heavy atom. The zero-order chi connectivity index (χ0) is 22.6. The largest absolute Gasteiger partial charge is 0.416 e. The quantitative estimate of drug-likeness (QED) is 0.577. The van der Waals surface area contributed by atoms with Crippen molar-refractivity contribution >= 4 is 33.3 Å². The van der Waals surface area contributed by atoms with Gasteiger partial charge < -0.3 is 15.5 Å². The minimum absolute atomic E-state index is 0.0542. The van der Waals surface area contributed by atoms with Crippen molar-refractivity contribution in [2.45, 2.75) is 31.5 Å². The van der Waals surface area contributed by atoms with E-state index in [0.717, 1.165) is 43.9 Å². The highest BCUT2D eigenvalue weighted by Gasteiger charge is 2.30. The molecule has 0 spiro atoms. The molecule has 8 nitrogen and oxygen atoms in total. The third kappa shape index (κ3) is 5.69. The first-order valence-corrected chi connectivity index (χ1v) is 10.8. The summed E-state index contributed by atoms with van der Waals surface area (Å²) in [6, 6.07) is 8.54. The zero-order valence-electron chi connectivity index (χ0n) is 16.8. The van der Waals surface area contributed by atoms with Gasteiger partial charge in [0.05, 0.1) is 12.0 Å². The van der Waals surface area contributed by atoms with E-state index in [-0.39, 0.29) is 18.4 Å². The van der Waals surface area contributed by atoms with E-state index in [2.05, 4.69) is 35.9 Å². The molecule has 1 aromatic carbocycles. The Bertz CT molecular complexity index is 1040. The van der Waals surface area contributed by atoms with E-state index in [4.69, 9.17) is 0 Å². The smallest absolute Gasteiger partial charge is 0.357 e. The van der Waals surface area contributed by atoms with Crippen LogP contribution in [0.15, 0.2) is 42.6 Å².